The van der Waals surface area contributed by atoms with Crippen LogP contribution in [0.5, 0.6) is 0 Å². The second-order valence-electron chi connectivity index (χ2n) is 6.32. The molecule has 0 radical (unpaired) electrons. The predicted octanol–water partition coefficient (Wildman–Crippen LogP) is 3.12. The molecule has 1 atom stereocenters. The van der Waals surface area contributed by atoms with E-state index in [0.717, 1.165) is 6.42 Å². The molecule has 6 heteroatoms. The van der Waals surface area contributed by atoms with Gasteiger partial charge in [-0.25, -0.2) is 9.67 Å². The molecule has 5 nitrogen and oxygen atoms in total. The van der Waals surface area contributed by atoms with Crippen molar-refractivity contribution in [3.63, 3.8) is 0 Å². The SMILES string of the molecule is CC(C)Cc1nc2c(cnn2C2(C)CC=CC=C2Cl)c(=O)[nH]1. The van der Waals surface area contributed by atoms with E-state index in [9.17, 15) is 4.79 Å². The van der Waals surface area contributed by atoms with Crippen LogP contribution in [0.25, 0.3) is 11.0 Å². The molecule has 1 unspecified atom stereocenters. The lowest BCUT2D eigenvalue weighted by Gasteiger charge is -2.30. The molecule has 2 aromatic rings. The first kappa shape index (κ1) is 15.0. The largest absolute Gasteiger partial charge is 0.310 e. The van der Waals surface area contributed by atoms with Crippen LogP contribution in [0.15, 0.2) is 34.3 Å². The van der Waals surface area contributed by atoms with E-state index in [1.165, 1.54) is 0 Å². The zero-order valence-electron chi connectivity index (χ0n) is 12.9. The highest BCUT2D eigenvalue weighted by atomic mass is 35.5. The molecule has 0 amide bonds. The molecule has 0 fully saturated rings. The minimum atomic E-state index is -0.506. The molecular formula is C16H19ClN4O. The van der Waals surface area contributed by atoms with Crippen LogP contribution < -0.4 is 5.56 Å². The van der Waals surface area contributed by atoms with Gasteiger partial charge in [-0.2, -0.15) is 5.10 Å². The average molecular weight is 319 g/mol. The fourth-order valence-corrected chi connectivity index (χ4v) is 2.95. The summed E-state index contributed by atoms with van der Waals surface area (Å²) in [6.07, 6.45) is 8.83. The Kier molecular flexibility index (Phi) is 3.68. The third kappa shape index (κ3) is 2.39. The second kappa shape index (κ2) is 5.39. The van der Waals surface area contributed by atoms with Crippen molar-refractivity contribution in [2.45, 2.75) is 39.2 Å². The number of aromatic nitrogens is 4. The summed E-state index contributed by atoms with van der Waals surface area (Å²) < 4.78 is 1.77. The average Bonchev–Trinajstić information content (AvgIpc) is 2.86. The molecule has 22 heavy (non-hydrogen) atoms. The molecule has 0 saturated carbocycles. The Balaban J connectivity index is 2.19. The molecule has 3 rings (SSSR count). The smallest absolute Gasteiger partial charge is 0.262 e. The van der Waals surface area contributed by atoms with Crippen molar-refractivity contribution in [1.82, 2.24) is 19.7 Å². The Morgan fingerprint density at radius 2 is 2.27 bits per heavy atom. The number of allylic oxidation sites excluding steroid dienone is 4. The van der Waals surface area contributed by atoms with Crippen molar-refractivity contribution in [3.05, 3.63) is 45.6 Å². The Hall–Kier alpha value is -1.88. The maximum absolute atomic E-state index is 12.3. The van der Waals surface area contributed by atoms with Gasteiger partial charge in [0.2, 0.25) is 0 Å². The second-order valence-corrected chi connectivity index (χ2v) is 6.73. The summed E-state index contributed by atoms with van der Waals surface area (Å²) in [5.74, 6) is 1.10. The highest BCUT2D eigenvalue weighted by Crippen LogP contribution is 2.36. The van der Waals surface area contributed by atoms with Crippen LogP contribution in [0.3, 0.4) is 0 Å². The zero-order chi connectivity index (χ0) is 15.9. The number of rotatable bonds is 3. The third-order valence-corrected chi connectivity index (χ3v) is 4.50. The summed E-state index contributed by atoms with van der Waals surface area (Å²) in [5.41, 5.74) is -0.0702. The molecule has 2 aromatic heterocycles. The van der Waals surface area contributed by atoms with E-state index in [4.69, 9.17) is 11.6 Å². The summed E-state index contributed by atoms with van der Waals surface area (Å²) in [7, 11) is 0. The van der Waals surface area contributed by atoms with Gasteiger partial charge in [0.25, 0.3) is 5.56 Å². The molecule has 0 spiro atoms. The molecule has 1 N–H and O–H groups in total. The van der Waals surface area contributed by atoms with Gasteiger partial charge in [0.1, 0.15) is 16.7 Å². The number of fused-ring (bicyclic) bond motifs is 1. The van der Waals surface area contributed by atoms with E-state index < -0.39 is 5.54 Å². The fourth-order valence-electron chi connectivity index (χ4n) is 2.72. The Morgan fingerprint density at radius 3 is 2.95 bits per heavy atom. The highest BCUT2D eigenvalue weighted by Gasteiger charge is 2.33. The van der Waals surface area contributed by atoms with Crippen LogP contribution in [-0.4, -0.2) is 19.7 Å². The highest BCUT2D eigenvalue weighted by molar-refractivity contribution is 6.30. The quantitative estimate of drug-likeness (QED) is 0.945. The molecule has 0 bridgehead atoms. The topological polar surface area (TPSA) is 63.6 Å². The maximum Gasteiger partial charge on any atom is 0.262 e. The van der Waals surface area contributed by atoms with Crippen molar-refractivity contribution < 1.29 is 0 Å². The van der Waals surface area contributed by atoms with Crippen molar-refractivity contribution in [1.29, 1.82) is 0 Å². The number of nitrogens with zero attached hydrogens (tertiary/aromatic N) is 3. The van der Waals surface area contributed by atoms with Crippen molar-refractivity contribution >= 4 is 22.6 Å². The maximum atomic E-state index is 12.3. The number of H-pyrrole nitrogens is 1. The Morgan fingerprint density at radius 1 is 1.50 bits per heavy atom. The first-order valence-electron chi connectivity index (χ1n) is 7.42. The van der Waals surface area contributed by atoms with Crippen LogP contribution in [0.1, 0.15) is 33.0 Å². The molecule has 116 valence electrons. The molecule has 0 aromatic carbocycles. The standard InChI is InChI=1S/C16H19ClN4O/c1-10(2)8-13-19-14-11(15(22)20-13)9-18-21(14)16(3)7-5-4-6-12(16)17/h4-6,9-10H,7-8H2,1-3H3,(H,19,20,22). The van der Waals surface area contributed by atoms with Gasteiger partial charge in [-0.3, -0.25) is 4.79 Å². The molecule has 0 aliphatic heterocycles. The van der Waals surface area contributed by atoms with E-state index in [0.29, 0.717) is 34.2 Å². The van der Waals surface area contributed by atoms with E-state index >= 15 is 0 Å². The van der Waals surface area contributed by atoms with E-state index in [2.05, 4.69) is 28.9 Å². The minimum absolute atomic E-state index is 0.151. The van der Waals surface area contributed by atoms with Crippen molar-refractivity contribution in [2.24, 2.45) is 5.92 Å². The van der Waals surface area contributed by atoms with E-state index in [1.54, 1.807) is 10.9 Å². The Labute approximate surface area is 133 Å². The van der Waals surface area contributed by atoms with Crippen LogP contribution in [-0.2, 0) is 12.0 Å². The summed E-state index contributed by atoms with van der Waals surface area (Å²) in [5, 5.41) is 5.58. The number of hydrogen-bond donors (Lipinski definition) is 1. The van der Waals surface area contributed by atoms with Gasteiger partial charge in [0.15, 0.2) is 5.65 Å². The van der Waals surface area contributed by atoms with Gasteiger partial charge >= 0.3 is 0 Å². The van der Waals surface area contributed by atoms with E-state index in [1.807, 2.05) is 25.2 Å². The number of nitrogens with one attached hydrogen (secondary N) is 1. The van der Waals surface area contributed by atoms with Crippen LogP contribution in [0.4, 0.5) is 0 Å². The third-order valence-electron chi connectivity index (χ3n) is 3.96. The van der Waals surface area contributed by atoms with Gasteiger partial charge in [0.05, 0.1) is 6.20 Å². The lowest BCUT2D eigenvalue weighted by molar-refractivity contribution is 0.371. The number of aromatic amines is 1. The van der Waals surface area contributed by atoms with Gasteiger partial charge < -0.3 is 4.98 Å². The van der Waals surface area contributed by atoms with Crippen LogP contribution in [0.2, 0.25) is 0 Å². The molecule has 0 saturated heterocycles. The number of hydrogen-bond acceptors (Lipinski definition) is 3. The summed E-state index contributed by atoms with van der Waals surface area (Å²) in [4.78, 5) is 19.7. The van der Waals surface area contributed by atoms with Crippen LogP contribution in [0, 0.1) is 5.92 Å². The lowest BCUT2D eigenvalue weighted by Crippen LogP contribution is -2.33. The molecule has 1 aliphatic rings. The van der Waals surface area contributed by atoms with Crippen LogP contribution >= 0.6 is 11.6 Å². The summed E-state index contributed by atoms with van der Waals surface area (Å²) in [6, 6.07) is 0. The van der Waals surface area contributed by atoms with Crippen molar-refractivity contribution in [3.8, 4) is 0 Å². The van der Waals surface area contributed by atoms with E-state index in [-0.39, 0.29) is 5.56 Å². The predicted molar refractivity (Wildman–Crippen MR) is 88.0 cm³/mol. The summed E-state index contributed by atoms with van der Waals surface area (Å²) >= 11 is 6.41. The van der Waals surface area contributed by atoms with Gasteiger partial charge in [0, 0.05) is 11.5 Å². The normalized spacial score (nSPS) is 21.6. The molecular weight excluding hydrogens is 300 g/mol. The molecule has 1 aliphatic carbocycles. The summed E-state index contributed by atoms with van der Waals surface area (Å²) in [6.45, 7) is 6.19. The fraction of sp³-hybridized carbons (Fsp3) is 0.438. The van der Waals surface area contributed by atoms with Gasteiger partial charge in [-0.1, -0.05) is 37.6 Å². The monoisotopic (exact) mass is 318 g/mol. The minimum Gasteiger partial charge on any atom is -0.310 e. The van der Waals surface area contributed by atoms with Gasteiger partial charge in [-0.05, 0) is 25.3 Å². The first-order chi connectivity index (χ1) is 10.4. The van der Waals surface area contributed by atoms with Crippen molar-refractivity contribution in [2.75, 3.05) is 0 Å². The first-order valence-corrected chi connectivity index (χ1v) is 7.80. The Bertz CT molecular complexity index is 830. The zero-order valence-corrected chi connectivity index (χ0v) is 13.7. The lowest BCUT2D eigenvalue weighted by atomic mass is 9.93. The van der Waals surface area contributed by atoms with Gasteiger partial charge in [-0.15, -0.1) is 0 Å². The number of halogens is 1. The molecule has 2 heterocycles.